The van der Waals surface area contributed by atoms with E-state index in [1.165, 1.54) is 0 Å². The molecule has 0 aliphatic rings. The molecule has 0 bridgehead atoms. The molecule has 0 aromatic rings. The van der Waals surface area contributed by atoms with Crippen molar-refractivity contribution in [3.05, 3.63) is 5.73 Å². The normalized spacial score (nSPS) is 8.28. The molecule has 0 rings (SSSR count). The predicted octanol–water partition coefficient (Wildman–Crippen LogP) is 0.255. The van der Waals surface area contributed by atoms with Crippen LogP contribution in [0, 0.1) is 39.9 Å². The summed E-state index contributed by atoms with van der Waals surface area (Å²) in [6.07, 6.45) is 0.766. The SMILES string of the molecule is CC(=O)O.CC(=O)O.CC(=O)O.CC(=O)O.CC(=O)O.CO[Si](CCC[NH-])(OC)OC.NCCNCCN.[Gd]. The van der Waals surface area contributed by atoms with Crippen LogP contribution in [-0.2, 0) is 37.3 Å². The summed E-state index contributed by atoms with van der Waals surface area (Å²) in [6, 6.07) is 0.722. The summed E-state index contributed by atoms with van der Waals surface area (Å²) in [6.45, 7) is 8.94. The van der Waals surface area contributed by atoms with Crippen LogP contribution in [0.2, 0.25) is 6.04 Å². The van der Waals surface area contributed by atoms with Crippen molar-refractivity contribution in [3.8, 4) is 0 Å². The van der Waals surface area contributed by atoms with Gasteiger partial charge in [0.15, 0.2) is 0 Å². The van der Waals surface area contributed by atoms with Gasteiger partial charge in [-0.15, -0.1) is 0 Å². The van der Waals surface area contributed by atoms with Gasteiger partial charge in [-0.1, -0.05) is 6.42 Å². The molecule has 240 valence electrons. The van der Waals surface area contributed by atoms with E-state index in [1.54, 1.807) is 21.3 Å². The first-order valence-corrected chi connectivity index (χ1v) is 12.6. The average molecular weight is 739 g/mol. The number of hydrogen-bond acceptors (Lipinski definition) is 11. The molecule has 0 aliphatic carbocycles. The Morgan fingerprint density at radius 3 is 1.00 bits per heavy atom. The number of rotatable bonds is 10. The van der Waals surface area contributed by atoms with E-state index < -0.39 is 38.7 Å². The molecule has 0 aliphatic heterocycles. The minimum Gasteiger partial charge on any atom is -0.677 e. The Morgan fingerprint density at radius 1 is 0.667 bits per heavy atom. The van der Waals surface area contributed by atoms with Gasteiger partial charge in [0.25, 0.3) is 29.8 Å². The second-order valence-corrected chi connectivity index (χ2v) is 9.16. The van der Waals surface area contributed by atoms with E-state index in [0.29, 0.717) is 19.6 Å². The van der Waals surface area contributed by atoms with E-state index in [4.69, 9.17) is 80.0 Å². The van der Waals surface area contributed by atoms with Gasteiger partial charge in [-0.25, -0.2) is 0 Å². The van der Waals surface area contributed by atoms with Crippen molar-refractivity contribution in [2.45, 2.75) is 47.1 Å². The Balaban J connectivity index is -0.0000000503. The van der Waals surface area contributed by atoms with Crippen LogP contribution in [-0.4, -0.2) is 118 Å². The fraction of sp³-hybridized carbons (Fsp3) is 0.750. The van der Waals surface area contributed by atoms with Crippen LogP contribution in [0.1, 0.15) is 41.0 Å². The van der Waals surface area contributed by atoms with E-state index >= 15 is 0 Å². The Morgan fingerprint density at radius 2 is 0.872 bits per heavy atom. The van der Waals surface area contributed by atoms with Crippen molar-refractivity contribution in [1.29, 1.82) is 0 Å². The van der Waals surface area contributed by atoms with Crippen LogP contribution in [0.4, 0.5) is 0 Å². The summed E-state index contributed by atoms with van der Waals surface area (Å²) in [5.41, 5.74) is 17.3. The Hall–Kier alpha value is -1.39. The molecule has 0 spiro atoms. The second-order valence-electron chi connectivity index (χ2n) is 6.07. The van der Waals surface area contributed by atoms with Gasteiger partial charge in [0.2, 0.25) is 0 Å². The third kappa shape index (κ3) is 159. The molecule has 0 saturated carbocycles. The maximum absolute atomic E-state index is 9.00. The molecule has 17 nitrogen and oxygen atoms in total. The number of nitrogens with two attached hydrogens (primary N) is 2. The smallest absolute Gasteiger partial charge is 0.500 e. The fourth-order valence-electron chi connectivity index (χ4n) is 1.19. The molecular formula is C20H49GdN4O13Si-. The maximum Gasteiger partial charge on any atom is 0.500 e. The quantitative estimate of drug-likeness (QED) is 0.110. The molecule has 0 radical (unpaired) electrons. The van der Waals surface area contributed by atoms with E-state index in [0.717, 1.165) is 60.2 Å². The molecule has 0 atom stereocenters. The number of carbonyl (C=O) groups is 5. The molecule has 0 amide bonds. The van der Waals surface area contributed by atoms with Crippen molar-refractivity contribution >= 4 is 38.7 Å². The summed E-state index contributed by atoms with van der Waals surface area (Å²) >= 11 is 0. The molecular weight excluding hydrogens is 690 g/mol. The van der Waals surface area contributed by atoms with Crippen LogP contribution in [0.5, 0.6) is 0 Å². The summed E-state index contributed by atoms with van der Waals surface area (Å²) in [4.78, 5) is 45.0. The zero-order chi connectivity index (χ0) is 32.2. The average Bonchev–Trinajstić information content (AvgIpc) is 2.74. The number of carboxylic acids is 5. The van der Waals surface area contributed by atoms with E-state index in [1.807, 2.05) is 0 Å². The molecule has 0 fully saturated rings. The van der Waals surface area contributed by atoms with Gasteiger partial charge in [0.05, 0.1) is 0 Å². The molecule has 11 N–H and O–H groups in total. The molecule has 19 heteroatoms. The summed E-state index contributed by atoms with van der Waals surface area (Å²) in [7, 11) is 2.40. The monoisotopic (exact) mass is 739 g/mol. The standard InChI is InChI=1S/C6H16NO3Si.C4H13N3.5C2H4O2.Gd/c1-8-11(9-2,10-3)6-4-5-7;5-1-3-7-4-2-6;5*1-2(3)4;/h7H,4-6H2,1-3H3;7H,1-6H2;5*1H3,(H,3,4);/q-1;;;;;;;. The van der Waals surface area contributed by atoms with E-state index in [9.17, 15) is 0 Å². The van der Waals surface area contributed by atoms with Crippen molar-refractivity contribution in [1.82, 2.24) is 5.32 Å². The predicted molar refractivity (Wildman–Crippen MR) is 143 cm³/mol. The van der Waals surface area contributed by atoms with E-state index in [2.05, 4.69) is 5.32 Å². The van der Waals surface area contributed by atoms with Crippen LogP contribution in [0.25, 0.3) is 5.73 Å². The van der Waals surface area contributed by atoms with Gasteiger partial charge in [-0.3, -0.25) is 24.0 Å². The molecule has 0 aromatic carbocycles. The minimum absolute atomic E-state index is 0. The molecule has 0 aromatic heterocycles. The summed E-state index contributed by atoms with van der Waals surface area (Å²) in [5, 5.41) is 40.1. The Kier molecular flexibility index (Phi) is 73.0. The largest absolute Gasteiger partial charge is 0.677 e. The zero-order valence-corrected chi connectivity index (χ0v) is 27.2. The maximum atomic E-state index is 9.00. The second kappa shape index (κ2) is 49.5. The van der Waals surface area contributed by atoms with Gasteiger partial charge < -0.3 is 61.3 Å². The van der Waals surface area contributed by atoms with Gasteiger partial charge in [-0.05, 0) is 0 Å². The molecule has 0 unspecified atom stereocenters. The third-order valence-electron chi connectivity index (χ3n) is 2.23. The first kappa shape index (κ1) is 57.5. The summed E-state index contributed by atoms with van der Waals surface area (Å²) < 4.78 is 15.4. The topological polar surface area (TPSA) is 302 Å². The Bertz CT molecular complexity index is 458. The van der Waals surface area contributed by atoms with Gasteiger partial charge in [0.1, 0.15) is 0 Å². The number of carboxylic acid groups (broad SMARTS) is 5. The first-order chi connectivity index (χ1) is 17.3. The van der Waals surface area contributed by atoms with Crippen molar-refractivity contribution in [2.24, 2.45) is 11.5 Å². The Labute approximate surface area is 263 Å². The van der Waals surface area contributed by atoms with Crippen LogP contribution in [0.3, 0.4) is 0 Å². The molecule has 0 heterocycles. The van der Waals surface area contributed by atoms with Gasteiger partial charge in [-0.2, -0.15) is 6.54 Å². The van der Waals surface area contributed by atoms with Crippen molar-refractivity contribution in [2.75, 3.05) is 54.1 Å². The number of nitrogens with one attached hydrogen (secondary N) is 2. The van der Waals surface area contributed by atoms with Crippen molar-refractivity contribution < 1.29 is 103 Å². The first-order valence-electron chi connectivity index (χ1n) is 10.7. The zero-order valence-electron chi connectivity index (χ0n) is 24.0. The molecule has 39 heavy (non-hydrogen) atoms. The fourth-order valence-corrected chi connectivity index (χ4v) is 2.91. The van der Waals surface area contributed by atoms with Gasteiger partial charge in [0, 0.05) is 128 Å². The van der Waals surface area contributed by atoms with Crippen LogP contribution >= 0.6 is 0 Å². The summed E-state index contributed by atoms with van der Waals surface area (Å²) in [5.74, 6) is -4.17. The van der Waals surface area contributed by atoms with Crippen LogP contribution < -0.4 is 16.8 Å². The van der Waals surface area contributed by atoms with E-state index in [-0.39, 0.29) is 39.9 Å². The van der Waals surface area contributed by atoms with Gasteiger partial charge >= 0.3 is 8.80 Å². The third-order valence-corrected chi connectivity index (χ3v) is 5.07. The number of aliphatic carboxylic acids is 5. The van der Waals surface area contributed by atoms with Crippen LogP contribution in [0.15, 0.2) is 0 Å². The molecule has 0 saturated heterocycles. The minimum atomic E-state index is -2.36. The van der Waals surface area contributed by atoms with Crippen molar-refractivity contribution in [3.63, 3.8) is 0 Å². The number of hydrogen-bond donors (Lipinski definition) is 8.